The lowest BCUT2D eigenvalue weighted by atomic mass is 9.78. The predicted molar refractivity (Wildman–Crippen MR) is 86.2 cm³/mol. The molecule has 2 heteroatoms. The lowest BCUT2D eigenvalue weighted by Gasteiger charge is -2.45. The molecule has 0 amide bonds. The summed E-state index contributed by atoms with van der Waals surface area (Å²) in [7, 11) is 2.02. The van der Waals surface area contributed by atoms with Gasteiger partial charge in [0.25, 0.3) is 0 Å². The zero-order valence-corrected chi connectivity index (χ0v) is 12.9. The molecule has 0 bridgehead atoms. The molecule has 2 nitrogen and oxygen atoms in total. The van der Waals surface area contributed by atoms with Crippen LogP contribution >= 0.6 is 0 Å². The van der Waals surface area contributed by atoms with Gasteiger partial charge in [0.15, 0.2) is 0 Å². The molecule has 110 valence electrons. The minimum atomic E-state index is 0.438. The highest BCUT2D eigenvalue weighted by Gasteiger charge is 2.33. The summed E-state index contributed by atoms with van der Waals surface area (Å²) in [5.74, 6) is 0.952. The first kappa shape index (κ1) is 13.9. The van der Waals surface area contributed by atoms with E-state index in [1.165, 1.54) is 56.3 Å². The Kier molecular flexibility index (Phi) is 4.30. The maximum atomic E-state index is 3.31. The van der Waals surface area contributed by atoms with Crippen LogP contribution in [0.4, 0.5) is 5.69 Å². The van der Waals surface area contributed by atoms with Crippen molar-refractivity contribution in [3.63, 3.8) is 0 Å². The van der Waals surface area contributed by atoms with Crippen molar-refractivity contribution < 1.29 is 0 Å². The van der Waals surface area contributed by atoms with Crippen molar-refractivity contribution in [2.24, 2.45) is 5.92 Å². The average molecular weight is 272 g/mol. The molecular weight excluding hydrogens is 244 g/mol. The first-order chi connectivity index (χ1) is 9.79. The van der Waals surface area contributed by atoms with Crippen LogP contribution in [0.5, 0.6) is 0 Å². The van der Waals surface area contributed by atoms with Gasteiger partial charge in [0.2, 0.25) is 0 Å². The van der Waals surface area contributed by atoms with Crippen molar-refractivity contribution in [2.75, 3.05) is 18.5 Å². The molecular formula is C18H28N2. The van der Waals surface area contributed by atoms with Gasteiger partial charge in [-0.15, -0.1) is 0 Å². The third-order valence-corrected chi connectivity index (χ3v) is 5.40. The largest absolute Gasteiger partial charge is 0.368 e. The number of nitrogens with one attached hydrogen (secondary N) is 1. The Morgan fingerprint density at radius 2 is 1.75 bits per heavy atom. The Hall–Kier alpha value is -1.02. The topological polar surface area (TPSA) is 15.3 Å². The monoisotopic (exact) mass is 272 g/mol. The highest BCUT2D eigenvalue weighted by atomic mass is 15.2. The van der Waals surface area contributed by atoms with Crippen LogP contribution in [0.1, 0.15) is 57.1 Å². The first-order valence-electron chi connectivity index (χ1n) is 8.33. The average Bonchev–Trinajstić information content (AvgIpc) is 2.54. The molecule has 1 heterocycles. The van der Waals surface area contributed by atoms with E-state index in [1.54, 1.807) is 0 Å². The van der Waals surface area contributed by atoms with Gasteiger partial charge >= 0.3 is 0 Å². The van der Waals surface area contributed by atoms with Crippen molar-refractivity contribution >= 4 is 5.69 Å². The summed E-state index contributed by atoms with van der Waals surface area (Å²) < 4.78 is 0. The molecule has 2 fully saturated rings. The van der Waals surface area contributed by atoms with E-state index in [9.17, 15) is 0 Å². The van der Waals surface area contributed by atoms with Crippen molar-refractivity contribution in [3.8, 4) is 0 Å². The molecule has 1 aliphatic carbocycles. The molecule has 1 aromatic carbocycles. The number of anilines is 1. The van der Waals surface area contributed by atoms with Crippen molar-refractivity contribution in [2.45, 2.75) is 57.5 Å². The molecule has 1 N–H and O–H groups in total. The molecule has 20 heavy (non-hydrogen) atoms. The Bertz CT molecular complexity index is 424. The Morgan fingerprint density at radius 1 is 1.05 bits per heavy atom. The zero-order chi connectivity index (χ0) is 13.9. The van der Waals surface area contributed by atoms with Gasteiger partial charge in [-0.3, -0.25) is 0 Å². The van der Waals surface area contributed by atoms with Crippen LogP contribution in [0, 0.1) is 5.92 Å². The van der Waals surface area contributed by atoms with E-state index < -0.39 is 0 Å². The van der Waals surface area contributed by atoms with Gasteiger partial charge < -0.3 is 10.2 Å². The fourth-order valence-electron chi connectivity index (χ4n) is 4.07. The van der Waals surface area contributed by atoms with Gasteiger partial charge in [-0.2, -0.15) is 0 Å². The molecule has 1 saturated heterocycles. The van der Waals surface area contributed by atoms with Crippen LogP contribution in [0.15, 0.2) is 24.3 Å². The minimum absolute atomic E-state index is 0.438. The molecule has 0 spiro atoms. The first-order valence-corrected chi connectivity index (χ1v) is 8.33. The smallest absolute Gasteiger partial charge is 0.0369 e. The number of piperidine rings is 1. The summed E-state index contributed by atoms with van der Waals surface area (Å²) in [5.41, 5.74) is 2.82. The third-order valence-electron chi connectivity index (χ3n) is 5.40. The van der Waals surface area contributed by atoms with Gasteiger partial charge in [-0.1, -0.05) is 25.0 Å². The van der Waals surface area contributed by atoms with E-state index in [0.29, 0.717) is 6.04 Å². The molecule has 3 atom stereocenters. The van der Waals surface area contributed by atoms with Gasteiger partial charge in [0.05, 0.1) is 0 Å². The van der Waals surface area contributed by atoms with Gasteiger partial charge in [0, 0.05) is 24.3 Å². The SMILES string of the molecule is CNC(C)c1ccc(N2CCCC3CCCCC32)cc1. The van der Waals surface area contributed by atoms with Crippen LogP contribution in [0.3, 0.4) is 0 Å². The summed E-state index contributed by atoms with van der Waals surface area (Å²) in [4.78, 5) is 2.70. The highest BCUT2D eigenvalue weighted by Crippen LogP contribution is 2.37. The quantitative estimate of drug-likeness (QED) is 0.890. The zero-order valence-electron chi connectivity index (χ0n) is 12.9. The number of hydrogen-bond acceptors (Lipinski definition) is 2. The van der Waals surface area contributed by atoms with E-state index in [2.05, 4.69) is 41.4 Å². The molecule has 3 unspecified atom stereocenters. The molecule has 1 aliphatic heterocycles. The van der Waals surface area contributed by atoms with Crippen molar-refractivity contribution in [3.05, 3.63) is 29.8 Å². The van der Waals surface area contributed by atoms with Crippen LogP contribution in [0.2, 0.25) is 0 Å². The van der Waals surface area contributed by atoms with Crippen LogP contribution < -0.4 is 10.2 Å². The summed E-state index contributed by atoms with van der Waals surface area (Å²) in [6.45, 7) is 3.47. The fraction of sp³-hybridized carbons (Fsp3) is 0.667. The third kappa shape index (κ3) is 2.71. The van der Waals surface area contributed by atoms with E-state index in [1.807, 2.05) is 7.05 Å². The van der Waals surface area contributed by atoms with E-state index in [0.717, 1.165) is 12.0 Å². The van der Waals surface area contributed by atoms with Gasteiger partial charge in [0.1, 0.15) is 0 Å². The number of nitrogens with zero attached hydrogens (tertiary/aromatic N) is 1. The molecule has 1 aromatic rings. The number of rotatable bonds is 3. The highest BCUT2D eigenvalue weighted by molar-refractivity contribution is 5.49. The minimum Gasteiger partial charge on any atom is -0.368 e. The van der Waals surface area contributed by atoms with E-state index in [4.69, 9.17) is 0 Å². The second-order valence-electron chi connectivity index (χ2n) is 6.55. The fourth-order valence-corrected chi connectivity index (χ4v) is 4.07. The number of fused-ring (bicyclic) bond motifs is 1. The maximum absolute atomic E-state index is 3.31. The summed E-state index contributed by atoms with van der Waals surface area (Å²) in [5, 5.41) is 3.31. The summed E-state index contributed by atoms with van der Waals surface area (Å²) >= 11 is 0. The summed E-state index contributed by atoms with van der Waals surface area (Å²) in [6, 6.07) is 10.5. The molecule has 1 saturated carbocycles. The van der Waals surface area contributed by atoms with Crippen molar-refractivity contribution in [1.82, 2.24) is 5.32 Å². The van der Waals surface area contributed by atoms with Crippen LogP contribution in [-0.2, 0) is 0 Å². The van der Waals surface area contributed by atoms with E-state index in [-0.39, 0.29) is 0 Å². The van der Waals surface area contributed by atoms with Gasteiger partial charge in [-0.25, -0.2) is 0 Å². The van der Waals surface area contributed by atoms with Crippen molar-refractivity contribution in [1.29, 1.82) is 0 Å². The normalized spacial score (nSPS) is 28.0. The Labute approximate surface area is 123 Å². The maximum Gasteiger partial charge on any atom is 0.0369 e. The predicted octanol–water partition coefficient (Wildman–Crippen LogP) is 4.13. The van der Waals surface area contributed by atoms with Gasteiger partial charge in [-0.05, 0) is 63.3 Å². The van der Waals surface area contributed by atoms with Crippen LogP contribution in [0.25, 0.3) is 0 Å². The number of benzene rings is 1. The molecule has 0 radical (unpaired) electrons. The van der Waals surface area contributed by atoms with Crippen LogP contribution in [-0.4, -0.2) is 19.6 Å². The second kappa shape index (κ2) is 6.17. The Morgan fingerprint density at radius 3 is 2.50 bits per heavy atom. The number of hydrogen-bond donors (Lipinski definition) is 1. The standard InChI is InChI=1S/C18H28N2/c1-14(19-2)15-9-11-17(12-10-15)20-13-5-7-16-6-3-4-8-18(16)20/h9-12,14,16,18-19H,3-8,13H2,1-2H3. The Balaban J connectivity index is 1.77. The molecule has 0 aromatic heterocycles. The van der Waals surface area contributed by atoms with E-state index >= 15 is 0 Å². The lowest BCUT2D eigenvalue weighted by Crippen LogP contribution is -2.46. The molecule has 3 rings (SSSR count). The second-order valence-corrected chi connectivity index (χ2v) is 6.55. The summed E-state index contributed by atoms with van der Waals surface area (Å²) in [6.07, 6.45) is 8.56. The molecule has 2 aliphatic rings. The lowest BCUT2D eigenvalue weighted by molar-refractivity contribution is 0.244.